The number of nitrogens with one attached hydrogen (secondary N) is 1. The van der Waals surface area contributed by atoms with E-state index in [1.54, 1.807) is 6.92 Å². The van der Waals surface area contributed by atoms with Crippen LogP contribution in [0.15, 0.2) is 0 Å². The van der Waals surface area contributed by atoms with Crippen LogP contribution >= 0.6 is 0 Å². The number of hydrogen-bond donors (Lipinski definition) is 2. The topological polar surface area (TPSA) is 105 Å². The first-order valence-corrected chi connectivity index (χ1v) is 6.87. The summed E-state index contributed by atoms with van der Waals surface area (Å²) in [6, 6.07) is -2.44. The highest BCUT2D eigenvalue weighted by atomic mass is 16.5. The van der Waals surface area contributed by atoms with Crippen molar-refractivity contribution in [2.75, 3.05) is 26.9 Å². The molecule has 0 bridgehead atoms. The Morgan fingerprint density at radius 3 is 2.67 bits per heavy atom. The van der Waals surface area contributed by atoms with E-state index < -0.39 is 30.1 Å². The molecule has 1 rings (SSSR count). The quantitative estimate of drug-likeness (QED) is 0.696. The minimum absolute atomic E-state index is 0.0428. The van der Waals surface area contributed by atoms with Crippen LogP contribution < -0.4 is 5.32 Å². The van der Waals surface area contributed by atoms with Gasteiger partial charge < -0.3 is 24.8 Å². The summed E-state index contributed by atoms with van der Waals surface area (Å²) >= 11 is 0. The maximum Gasteiger partial charge on any atom is 0.331 e. The molecule has 1 aliphatic rings. The van der Waals surface area contributed by atoms with Crippen molar-refractivity contribution in [3.05, 3.63) is 0 Å². The van der Waals surface area contributed by atoms with E-state index in [0.717, 1.165) is 0 Å². The number of hydrogen-bond acceptors (Lipinski definition) is 5. The summed E-state index contributed by atoms with van der Waals surface area (Å²) in [5.74, 6) is -1.90. The number of carboxylic acid groups (broad SMARTS) is 1. The van der Waals surface area contributed by atoms with Crippen molar-refractivity contribution < 1.29 is 29.0 Å². The molecule has 0 aromatic rings. The lowest BCUT2D eigenvalue weighted by Gasteiger charge is -2.34. The van der Waals surface area contributed by atoms with Crippen molar-refractivity contribution >= 4 is 18.0 Å². The number of carboxylic acids is 1. The second-order valence-corrected chi connectivity index (χ2v) is 4.96. The lowest BCUT2D eigenvalue weighted by Crippen LogP contribution is -2.59. The van der Waals surface area contributed by atoms with Crippen LogP contribution in [0.1, 0.15) is 20.3 Å². The van der Waals surface area contributed by atoms with Crippen molar-refractivity contribution in [1.82, 2.24) is 10.2 Å². The van der Waals surface area contributed by atoms with Gasteiger partial charge in [0, 0.05) is 6.54 Å². The van der Waals surface area contributed by atoms with Crippen LogP contribution in [0.2, 0.25) is 0 Å². The maximum absolute atomic E-state index is 12.3. The second kappa shape index (κ2) is 7.82. The molecule has 8 nitrogen and oxygen atoms in total. The van der Waals surface area contributed by atoms with Gasteiger partial charge in [0.1, 0.15) is 6.04 Å². The van der Waals surface area contributed by atoms with Gasteiger partial charge >= 0.3 is 18.0 Å². The van der Waals surface area contributed by atoms with E-state index in [-0.39, 0.29) is 19.1 Å². The smallest absolute Gasteiger partial charge is 0.331 e. The van der Waals surface area contributed by atoms with Crippen molar-refractivity contribution in [2.24, 2.45) is 5.92 Å². The highest BCUT2D eigenvalue weighted by Crippen LogP contribution is 2.12. The molecule has 1 aliphatic heterocycles. The molecular weight excluding hydrogens is 280 g/mol. The zero-order valence-corrected chi connectivity index (χ0v) is 12.5. The predicted octanol–water partition coefficient (Wildman–Crippen LogP) is 0.0691. The normalized spacial score (nSPS) is 21.3. The number of carbonyl (C=O) groups is 3. The molecule has 0 saturated carbocycles. The van der Waals surface area contributed by atoms with Crippen LogP contribution in [0.25, 0.3) is 0 Å². The summed E-state index contributed by atoms with van der Waals surface area (Å²) in [5, 5.41) is 11.7. The zero-order valence-electron chi connectivity index (χ0n) is 12.5. The molecule has 0 radical (unpaired) electrons. The number of rotatable bonds is 5. The van der Waals surface area contributed by atoms with E-state index >= 15 is 0 Å². The lowest BCUT2D eigenvalue weighted by atomic mass is 9.99. The lowest BCUT2D eigenvalue weighted by molar-refractivity contribution is -0.151. The number of nitrogens with zero attached hydrogens (tertiary/aromatic N) is 1. The number of urea groups is 1. The van der Waals surface area contributed by atoms with Gasteiger partial charge in [-0.05, 0) is 5.92 Å². The minimum Gasteiger partial charge on any atom is -0.480 e. The Bertz CT molecular complexity index is 400. The molecule has 0 spiro atoms. The van der Waals surface area contributed by atoms with E-state index in [4.69, 9.17) is 4.74 Å². The molecule has 8 heteroatoms. The van der Waals surface area contributed by atoms with E-state index in [1.807, 2.05) is 6.92 Å². The fourth-order valence-electron chi connectivity index (χ4n) is 2.08. The first-order chi connectivity index (χ1) is 9.92. The Morgan fingerprint density at radius 2 is 2.14 bits per heavy atom. The van der Waals surface area contributed by atoms with Crippen molar-refractivity contribution in [1.29, 1.82) is 0 Å². The van der Waals surface area contributed by atoms with Gasteiger partial charge in [0.15, 0.2) is 6.04 Å². The second-order valence-electron chi connectivity index (χ2n) is 4.96. The number of carbonyl (C=O) groups excluding carboxylic acids is 2. The van der Waals surface area contributed by atoms with Crippen LogP contribution in [-0.4, -0.2) is 66.9 Å². The SMILES string of the molecule is CCC(C)C(NC(=O)N1CCOCC1C(=O)OC)C(=O)O. The molecule has 1 saturated heterocycles. The van der Waals surface area contributed by atoms with Crippen LogP contribution in [-0.2, 0) is 19.1 Å². The third kappa shape index (κ3) is 4.32. The van der Waals surface area contributed by atoms with E-state index in [1.165, 1.54) is 12.0 Å². The number of methoxy groups -OCH3 is 1. The monoisotopic (exact) mass is 302 g/mol. The average Bonchev–Trinajstić information content (AvgIpc) is 2.50. The summed E-state index contributed by atoms with van der Waals surface area (Å²) in [7, 11) is 1.23. The Morgan fingerprint density at radius 1 is 1.48 bits per heavy atom. The fourth-order valence-corrected chi connectivity index (χ4v) is 2.08. The zero-order chi connectivity index (χ0) is 16.0. The molecule has 2 N–H and O–H groups in total. The fraction of sp³-hybridized carbons (Fsp3) is 0.769. The van der Waals surface area contributed by atoms with E-state index in [9.17, 15) is 19.5 Å². The van der Waals surface area contributed by atoms with Crippen LogP contribution in [0, 0.1) is 5.92 Å². The van der Waals surface area contributed by atoms with Gasteiger partial charge in [-0.3, -0.25) is 0 Å². The Labute approximate surface area is 123 Å². The number of esters is 1. The maximum atomic E-state index is 12.3. The summed E-state index contributed by atoms with van der Waals surface area (Å²) < 4.78 is 9.80. The van der Waals surface area contributed by atoms with Crippen LogP contribution in [0.4, 0.5) is 4.79 Å². The van der Waals surface area contributed by atoms with Crippen LogP contribution in [0.5, 0.6) is 0 Å². The first-order valence-electron chi connectivity index (χ1n) is 6.87. The summed E-state index contributed by atoms with van der Waals surface area (Å²) in [4.78, 5) is 36.4. The van der Waals surface area contributed by atoms with Gasteiger partial charge in [-0.25, -0.2) is 14.4 Å². The molecule has 21 heavy (non-hydrogen) atoms. The minimum atomic E-state index is -1.10. The molecule has 0 aromatic carbocycles. The standard InChI is InChI=1S/C13H22N2O6/c1-4-8(2)10(11(16)17)14-13(19)15-5-6-21-7-9(15)12(18)20-3/h8-10H,4-7H2,1-3H3,(H,14,19)(H,16,17). The summed E-state index contributed by atoms with van der Waals surface area (Å²) in [6.07, 6.45) is 0.612. The van der Waals surface area contributed by atoms with Crippen molar-refractivity contribution in [3.63, 3.8) is 0 Å². The molecule has 3 unspecified atom stereocenters. The first kappa shape index (κ1) is 17.2. The van der Waals surface area contributed by atoms with Crippen molar-refractivity contribution in [2.45, 2.75) is 32.4 Å². The van der Waals surface area contributed by atoms with E-state index in [2.05, 4.69) is 10.1 Å². The van der Waals surface area contributed by atoms with Gasteiger partial charge in [0.25, 0.3) is 0 Å². The third-order valence-corrected chi connectivity index (χ3v) is 3.62. The van der Waals surface area contributed by atoms with Crippen LogP contribution in [0.3, 0.4) is 0 Å². The molecule has 0 aromatic heterocycles. The number of aliphatic carboxylic acids is 1. The predicted molar refractivity (Wildman–Crippen MR) is 72.7 cm³/mol. The molecule has 3 atom stereocenters. The molecule has 1 fully saturated rings. The largest absolute Gasteiger partial charge is 0.480 e. The van der Waals surface area contributed by atoms with Gasteiger partial charge in [0.05, 0.1) is 20.3 Å². The van der Waals surface area contributed by atoms with Gasteiger partial charge in [-0.15, -0.1) is 0 Å². The molecule has 2 amide bonds. The Hall–Kier alpha value is -1.83. The number of amides is 2. The highest BCUT2D eigenvalue weighted by molar-refractivity contribution is 5.87. The van der Waals surface area contributed by atoms with Crippen molar-refractivity contribution in [3.8, 4) is 0 Å². The van der Waals surface area contributed by atoms with Gasteiger partial charge in [-0.2, -0.15) is 0 Å². The third-order valence-electron chi connectivity index (χ3n) is 3.62. The summed E-state index contributed by atoms with van der Waals surface area (Å²) in [5.41, 5.74) is 0. The summed E-state index contributed by atoms with van der Waals surface area (Å²) in [6.45, 7) is 4.14. The Kier molecular flexibility index (Phi) is 6.41. The van der Waals surface area contributed by atoms with E-state index in [0.29, 0.717) is 13.0 Å². The molecular formula is C13H22N2O6. The van der Waals surface area contributed by atoms with Gasteiger partial charge in [-0.1, -0.05) is 20.3 Å². The molecule has 120 valence electrons. The molecule has 0 aliphatic carbocycles. The van der Waals surface area contributed by atoms with Gasteiger partial charge in [0.2, 0.25) is 0 Å². The number of morpholine rings is 1. The molecule has 1 heterocycles. The number of ether oxygens (including phenoxy) is 2. The highest BCUT2D eigenvalue weighted by Gasteiger charge is 2.36. The average molecular weight is 302 g/mol. The Balaban J connectivity index is 2.79.